The average Bonchev–Trinajstić information content (AvgIpc) is 3.39. The molecule has 0 aliphatic carbocycles. The number of thiazole rings is 1. The van der Waals surface area contributed by atoms with E-state index in [9.17, 15) is 4.79 Å². The fourth-order valence-electron chi connectivity index (χ4n) is 2.74. The molecule has 1 aliphatic heterocycles. The number of carbonyl (C=O) groups is 1. The number of hydrogen-bond acceptors (Lipinski definition) is 6. The molecule has 0 radical (unpaired) electrons. The smallest absolute Gasteiger partial charge is 0.277 e. The van der Waals surface area contributed by atoms with Gasteiger partial charge in [0.05, 0.1) is 12.8 Å². The minimum absolute atomic E-state index is 0.268. The molecule has 0 saturated carbocycles. The molecule has 8 heteroatoms. The van der Waals surface area contributed by atoms with E-state index in [1.165, 1.54) is 0 Å². The zero-order valence-electron chi connectivity index (χ0n) is 13.5. The number of rotatable bonds is 5. The summed E-state index contributed by atoms with van der Waals surface area (Å²) in [5.74, 6) is 0.173. The Morgan fingerprint density at radius 1 is 1.36 bits per heavy atom. The summed E-state index contributed by atoms with van der Waals surface area (Å²) in [7, 11) is 0. The van der Waals surface area contributed by atoms with Crippen LogP contribution in [0.3, 0.4) is 0 Å². The van der Waals surface area contributed by atoms with Crippen molar-refractivity contribution in [3.05, 3.63) is 47.7 Å². The number of anilines is 1. The number of carbonyl (C=O) groups excluding carboxylic acids is 1. The minimum atomic E-state index is -0.268. The van der Waals surface area contributed by atoms with E-state index in [0.717, 1.165) is 36.8 Å². The summed E-state index contributed by atoms with van der Waals surface area (Å²) < 4.78 is 7.06. The quantitative estimate of drug-likeness (QED) is 0.761. The molecule has 1 amide bonds. The zero-order chi connectivity index (χ0) is 17.1. The number of nitrogens with zero attached hydrogens (tertiary/aromatic N) is 4. The number of aromatic nitrogens is 4. The van der Waals surface area contributed by atoms with Gasteiger partial charge in [0.2, 0.25) is 0 Å². The second-order valence-corrected chi connectivity index (χ2v) is 6.82. The Balaban J connectivity index is 1.39. The molecule has 3 aromatic rings. The van der Waals surface area contributed by atoms with E-state index in [0.29, 0.717) is 17.3 Å². The van der Waals surface area contributed by atoms with E-state index in [-0.39, 0.29) is 5.91 Å². The van der Waals surface area contributed by atoms with Crippen LogP contribution in [0.2, 0.25) is 0 Å². The van der Waals surface area contributed by atoms with Gasteiger partial charge in [0, 0.05) is 41.9 Å². The molecule has 0 bridgehead atoms. The fourth-order valence-corrected chi connectivity index (χ4v) is 3.39. The second-order valence-electron chi connectivity index (χ2n) is 5.92. The lowest BCUT2D eigenvalue weighted by Gasteiger charge is -2.05. The lowest BCUT2D eigenvalue weighted by Crippen LogP contribution is -2.13. The maximum absolute atomic E-state index is 12.3. The van der Waals surface area contributed by atoms with E-state index >= 15 is 0 Å². The summed E-state index contributed by atoms with van der Waals surface area (Å²) in [5, 5.41) is 13.7. The standard InChI is InChI=1S/C17H17N5O2S/c23-16(15-10-22(21-20-15)9-12-5-7-24-11-12)19-14-3-1-13(2-4-14)17-18-6-8-25-17/h1-4,6,8,10,12H,5,7,9,11H2,(H,19,23). The molecule has 1 saturated heterocycles. The molecule has 1 fully saturated rings. The first-order chi connectivity index (χ1) is 12.3. The molecule has 1 N–H and O–H groups in total. The van der Waals surface area contributed by atoms with Crippen molar-refractivity contribution in [3.63, 3.8) is 0 Å². The third-order valence-corrected chi connectivity index (χ3v) is 4.88. The lowest BCUT2D eigenvalue weighted by atomic mass is 10.1. The van der Waals surface area contributed by atoms with E-state index < -0.39 is 0 Å². The molecule has 4 rings (SSSR count). The first-order valence-electron chi connectivity index (χ1n) is 8.07. The third-order valence-electron chi connectivity index (χ3n) is 4.06. The normalized spacial score (nSPS) is 16.9. The van der Waals surface area contributed by atoms with Gasteiger partial charge >= 0.3 is 0 Å². The van der Waals surface area contributed by atoms with Crippen LogP contribution in [0.5, 0.6) is 0 Å². The van der Waals surface area contributed by atoms with Crippen molar-refractivity contribution in [1.29, 1.82) is 0 Å². The van der Waals surface area contributed by atoms with Gasteiger partial charge in [-0.2, -0.15) is 0 Å². The highest BCUT2D eigenvalue weighted by Gasteiger charge is 2.18. The van der Waals surface area contributed by atoms with Crippen LogP contribution < -0.4 is 5.32 Å². The topological polar surface area (TPSA) is 81.9 Å². The summed E-state index contributed by atoms with van der Waals surface area (Å²) in [4.78, 5) is 16.6. The van der Waals surface area contributed by atoms with E-state index in [4.69, 9.17) is 4.74 Å². The number of nitrogens with one attached hydrogen (secondary N) is 1. The molecule has 2 aromatic heterocycles. The van der Waals surface area contributed by atoms with Gasteiger partial charge in [0.15, 0.2) is 5.69 Å². The molecule has 3 heterocycles. The van der Waals surface area contributed by atoms with Crippen molar-refractivity contribution in [1.82, 2.24) is 20.0 Å². The van der Waals surface area contributed by atoms with Crippen molar-refractivity contribution in [2.75, 3.05) is 18.5 Å². The Morgan fingerprint density at radius 3 is 2.96 bits per heavy atom. The molecule has 1 aliphatic rings. The average molecular weight is 355 g/mol. The van der Waals surface area contributed by atoms with Crippen LogP contribution in [0.1, 0.15) is 16.9 Å². The van der Waals surface area contributed by atoms with Crippen LogP contribution in [0.25, 0.3) is 10.6 Å². The Bertz CT molecular complexity index is 838. The third kappa shape index (κ3) is 3.75. The lowest BCUT2D eigenvalue weighted by molar-refractivity contribution is 0.102. The molecule has 1 unspecified atom stereocenters. The first-order valence-corrected chi connectivity index (χ1v) is 8.95. The highest BCUT2D eigenvalue weighted by Crippen LogP contribution is 2.23. The fraction of sp³-hybridized carbons (Fsp3) is 0.294. The predicted molar refractivity (Wildman–Crippen MR) is 94.5 cm³/mol. The maximum atomic E-state index is 12.3. The van der Waals surface area contributed by atoms with E-state index in [1.54, 1.807) is 28.4 Å². The van der Waals surface area contributed by atoms with Crippen molar-refractivity contribution in [2.24, 2.45) is 5.92 Å². The highest BCUT2D eigenvalue weighted by atomic mass is 32.1. The van der Waals surface area contributed by atoms with Crippen molar-refractivity contribution in [2.45, 2.75) is 13.0 Å². The number of ether oxygens (including phenoxy) is 1. The Kier molecular flexibility index (Phi) is 4.53. The van der Waals surface area contributed by atoms with Crippen LogP contribution in [0.15, 0.2) is 42.0 Å². The van der Waals surface area contributed by atoms with Crippen LogP contribution in [-0.2, 0) is 11.3 Å². The molecule has 7 nitrogen and oxygen atoms in total. The molecule has 0 spiro atoms. The van der Waals surface area contributed by atoms with Gasteiger partial charge in [0.25, 0.3) is 5.91 Å². The monoisotopic (exact) mass is 355 g/mol. The number of benzene rings is 1. The van der Waals surface area contributed by atoms with Gasteiger partial charge in [-0.1, -0.05) is 5.21 Å². The molecular weight excluding hydrogens is 338 g/mol. The van der Waals surface area contributed by atoms with Crippen molar-refractivity contribution < 1.29 is 9.53 Å². The van der Waals surface area contributed by atoms with Crippen LogP contribution in [-0.4, -0.2) is 39.1 Å². The largest absolute Gasteiger partial charge is 0.381 e. The molecule has 128 valence electrons. The van der Waals surface area contributed by atoms with Gasteiger partial charge in [-0.05, 0) is 30.7 Å². The summed E-state index contributed by atoms with van der Waals surface area (Å²) >= 11 is 1.58. The Labute approximate surface area is 148 Å². The highest BCUT2D eigenvalue weighted by molar-refractivity contribution is 7.13. The second kappa shape index (κ2) is 7.12. The predicted octanol–water partition coefficient (Wildman–Crippen LogP) is 2.69. The number of amides is 1. The zero-order valence-corrected chi connectivity index (χ0v) is 14.3. The SMILES string of the molecule is O=C(Nc1ccc(-c2nccs2)cc1)c1cn(CC2CCOC2)nn1. The van der Waals surface area contributed by atoms with Crippen LogP contribution >= 0.6 is 11.3 Å². The van der Waals surface area contributed by atoms with Crippen LogP contribution in [0, 0.1) is 5.92 Å². The minimum Gasteiger partial charge on any atom is -0.381 e. The van der Waals surface area contributed by atoms with E-state index in [2.05, 4.69) is 20.6 Å². The Hall–Kier alpha value is -2.58. The van der Waals surface area contributed by atoms with Gasteiger partial charge in [-0.15, -0.1) is 16.4 Å². The molecule has 25 heavy (non-hydrogen) atoms. The van der Waals surface area contributed by atoms with Crippen LogP contribution in [0.4, 0.5) is 5.69 Å². The van der Waals surface area contributed by atoms with Gasteiger partial charge in [0.1, 0.15) is 5.01 Å². The maximum Gasteiger partial charge on any atom is 0.277 e. The molecule has 1 aromatic carbocycles. The molecule has 1 atom stereocenters. The Morgan fingerprint density at radius 2 is 2.24 bits per heavy atom. The first kappa shape index (κ1) is 15.9. The van der Waals surface area contributed by atoms with Gasteiger partial charge < -0.3 is 10.1 Å². The van der Waals surface area contributed by atoms with Gasteiger partial charge in [-0.25, -0.2) is 4.98 Å². The van der Waals surface area contributed by atoms with E-state index in [1.807, 2.05) is 29.6 Å². The number of hydrogen-bond donors (Lipinski definition) is 1. The summed E-state index contributed by atoms with van der Waals surface area (Å²) in [5.41, 5.74) is 2.05. The van der Waals surface area contributed by atoms with Crippen molar-refractivity contribution >= 4 is 22.9 Å². The summed E-state index contributed by atoms with van der Waals surface area (Å²) in [6.07, 6.45) is 4.47. The van der Waals surface area contributed by atoms with Gasteiger partial charge in [-0.3, -0.25) is 9.48 Å². The summed E-state index contributed by atoms with van der Waals surface area (Å²) in [6, 6.07) is 7.58. The van der Waals surface area contributed by atoms with Crippen molar-refractivity contribution in [3.8, 4) is 10.6 Å². The summed E-state index contributed by atoms with van der Waals surface area (Å²) in [6.45, 7) is 2.26. The molecular formula is C17H17N5O2S.